The van der Waals surface area contributed by atoms with Crippen LogP contribution in [0.2, 0.25) is 15.1 Å². The first-order chi connectivity index (χ1) is 10.6. The van der Waals surface area contributed by atoms with Gasteiger partial charge in [0.15, 0.2) is 0 Å². The molecule has 23 heavy (non-hydrogen) atoms. The topological polar surface area (TPSA) is 9.23 Å². The van der Waals surface area contributed by atoms with Crippen molar-refractivity contribution in [2.75, 3.05) is 0 Å². The van der Waals surface area contributed by atoms with Crippen molar-refractivity contribution in [3.63, 3.8) is 0 Å². The SMILES string of the molecule is FC(F)Oc1cccc(C(F)(F)F)c1-c1cc(Cl)c(Cl)cc1Cl. The van der Waals surface area contributed by atoms with E-state index >= 15 is 0 Å². The zero-order chi connectivity index (χ0) is 17.4. The maximum Gasteiger partial charge on any atom is 0.417 e. The second-order valence-corrected chi connectivity index (χ2v) is 5.52. The van der Waals surface area contributed by atoms with Gasteiger partial charge in [0, 0.05) is 11.1 Å². The molecule has 0 aromatic heterocycles. The fraction of sp³-hybridized carbons (Fsp3) is 0.143. The summed E-state index contributed by atoms with van der Waals surface area (Å²) in [6.45, 7) is -3.31. The van der Waals surface area contributed by atoms with E-state index < -0.39 is 29.7 Å². The Labute approximate surface area is 142 Å². The lowest BCUT2D eigenvalue weighted by Crippen LogP contribution is -2.10. The van der Waals surface area contributed by atoms with E-state index in [9.17, 15) is 22.0 Å². The molecule has 0 amide bonds. The van der Waals surface area contributed by atoms with Crippen LogP contribution < -0.4 is 4.74 Å². The number of alkyl halides is 5. The maximum absolute atomic E-state index is 13.2. The highest BCUT2D eigenvalue weighted by Gasteiger charge is 2.36. The highest BCUT2D eigenvalue weighted by atomic mass is 35.5. The minimum Gasteiger partial charge on any atom is -0.434 e. The molecule has 0 fully saturated rings. The number of benzene rings is 2. The van der Waals surface area contributed by atoms with E-state index in [0.29, 0.717) is 0 Å². The summed E-state index contributed by atoms with van der Waals surface area (Å²) in [7, 11) is 0. The zero-order valence-electron chi connectivity index (χ0n) is 10.9. The largest absolute Gasteiger partial charge is 0.434 e. The molecule has 0 aliphatic heterocycles. The third kappa shape index (κ3) is 4.00. The van der Waals surface area contributed by atoms with E-state index in [1.54, 1.807) is 0 Å². The molecule has 124 valence electrons. The number of hydrogen-bond donors (Lipinski definition) is 0. The average Bonchev–Trinajstić information content (AvgIpc) is 2.41. The summed E-state index contributed by atoms with van der Waals surface area (Å²) in [5.74, 6) is -0.671. The van der Waals surface area contributed by atoms with Gasteiger partial charge in [-0.25, -0.2) is 0 Å². The Morgan fingerprint density at radius 2 is 1.52 bits per heavy atom. The van der Waals surface area contributed by atoms with E-state index in [1.165, 1.54) is 0 Å². The predicted octanol–water partition coefficient (Wildman–Crippen LogP) is 6.93. The van der Waals surface area contributed by atoms with Gasteiger partial charge >= 0.3 is 12.8 Å². The normalized spacial score (nSPS) is 11.9. The summed E-state index contributed by atoms with van der Waals surface area (Å²) >= 11 is 17.5. The molecule has 0 saturated heterocycles. The monoisotopic (exact) mass is 390 g/mol. The summed E-state index contributed by atoms with van der Waals surface area (Å²) < 4.78 is 68.9. The summed E-state index contributed by atoms with van der Waals surface area (Å²) in [4.78, 5) is 0. The summed E-state index contributed by atoms with van der Waals surface area (Å²) in [5.41, 5.74) is -2.04. The van der Waals surface area contributed by atoms with Gasteiger partial charge in [0.05, 0.1) is 20.6 Å². The van der Waals surface area contributed by atoms with E-state index in [-0.39, 0.29) is 20.6 Å². The maximum atomic E-state index is 13.2. The molecule has 2 rings (SSSR count). The van der Waals surface area contributed by atoms with Gasteiger partial charge in [0.25, 0.3) is 0 Å². The van der Waals surface area contributed by atoms with Crippen LogP contribution in [-0.4, -0.2) is 6.61 Å². The van der Waals surface area contributed by atoms with Crippen LogP contribution in [-0.2, 0) is 6.18 Å². The molecule has 0 bridgehead atoms. The summed E-state index contributed by atoms with van der Waals surface area (Å²) in [5, 5.41) is -0.248. The highest BCUT2D eigenvalue weighted by molar-refractivity contribution is 6.44. The van der Waals surface area contributed by atoms with Crippen LogP contribution >= 0.6 is 34.8 Å². The fourth-order valence-electron chi connectivity index (χ4n) is 1.95. The standard InChI is InChI=1S/C14H6Cl3F5O/c15-8-5-10(17)9(16)4-6(8)12-7(14(20,21)22)2-1-3-11(12)23-13(18)19/h1-5,13H. The summed E-state index contributed by atoms with van der Waals surface area (Å²) in [6.07, 6.45) is -4.81. The molecular weight excluding hydrogens is 386 g/mol. The molecule has 2 aromatic carbocycles. The summed E-state index contributed by atoms with van der Waals surface area (Å²) in [6, 6.07) is 4.85. The number of halogens is 8. The Balaban J connectivity index is 2.80. The van der Waals surface area contributed by atoms with E-state index in [2.05, 4.69) is 4.74 Å². The molecule has 0 saturated carbocycles. The molecule has 0 radical (unpaired) electrons. The van der Waals surface area contributed by atoms with E-state index in [4.69, 9.17) is 34.8 Å². The third-order valence-electron chi connectivity index (χ3n) is 2.83. The van der Waals surface area contributed by atoms with Crippen LogP contribution in [0, 0.1) is 0 Å². The fourth-order valence-corrected chi connectivity index (χ4v) is 2.59. The molecule has 0 spiro atoms. The smallest absolute Gasteiger partial charge is 0.417 e. The van der Waals surface area contributed by atoms with Crippen molar-refractivity contribution in [1.82, 2.24) is 0 Å². The Morgan fingerprint density at radius 3 is 2.09 bits per heavy atom. The van der Waals surface area contributed by atoms with Gasteiger partial charge in [-0.2, -0.15) is 22.0 Å². The van der Waals surface area contributed by atoms with Gasteiger partial charge in [-0.1, -0.05) is 40.9 Å². The Morgan fingerprint density at radius 1 is 0.913 bits per heavy atom. The second kappa shape index (κ2) is 6.71. The van der Waals surface area contributed by atoms with E-state index in [0.717, 1.165) is 30.3 Å². The quantitative estimate of drug-likeness (QED) is 0.407. The van der Waals surface area contributed by atoms with Crippen molar-refractivity contribution < 1.29 is 26.7 Å². The van der Waals surface area contributed by atoms with Crippen molar-refractivity contribution in [1.29, 1.82) is 0 Å². The Hall–Kier alpha value is -1.24. The van der Waals surface area contributed by atoms with Gasteiger partial charge in [0.1, 0.15) is 5.75 Å². The van der Waals surface area contributed by atoms with Crippen molar-refractivity contribution in [2.24, 2.45) is 0 Å². The molecule has 0 atom stereocenters. The van der Waals surface area contributed by atoms with Gasteiger partial charge in [-0.05, 0) is 24.3 Å². The van der Waals surface area contributed by atoms with Crippen molar-refractivity contribution >= 4 is 34.8 Å². The lowest BCUT2D eigenvalue weighted by Gasteiger charge is -2.18. The molecule has 0 aliphatic carbocycles. The Kier molecular flexibility index (Phi) is 5.28. The van der Waals surface area contributed by atoms with Gasteiger partial charge < -0.3 is 4.74 Å². The first-order valence-corrected chi connectivity index (χ1v) is 7.04. The molecular formula is C14H6Cl3F5O. The molecule has 0 aliphatic rings. The minimum absolute atomic E-state index is 0.0150. The molecule has 0 heterocycles. The third-order valence-corrected chi connectivity index (χ3v) is 3.86. The van der Waals surface area contributed by atoms with Crippen LogP contribution in [0.3, 0.4) is 0 Å². The molecule has 2 aromatic rings. The van der Waals surface area contributed by atoms with Crippen molar-refractivity contribution in [3.8, 4) is 16.9 Å². The van der Waals surface area contributed by atoms with Crippen LogP contribution in [0.1, 0.15) is 5.56 Å². The van der Waals surface area contributed by atoms with Crippen LogP contribution in [0.4, 0.5) is 22.0 Å². The minimum atomic E-state index is -4.81. The first kappa shape index (κ1) is 18.1. The van der Waals surface area contributed by atoms with Crippen LogP contribution in [0.5, 0.6) is 5.75 Å². The van der Waals surface area contributed by atoms with Crippen LogP contribution in [0.15, 0.2) is 30.3 Å². The molecule has 9 heteroatoms. The molecule has 0 unspecified atom stereocenters. The van der Waals surface area contributed by atoms with Gasteiger partial charge in [-0.15, -0.1) is 0 Å². The highest BCUT2D eigenvalue weighted by Crippen LogP contribution is 2.46. The first-order valence-electron chi connectivity index (χ1n) is 5.91. The van der Waals surface area contributed by atoms with Crippen molar-refractivity contribution in [2.45, 2.75) is 12.8 Å². The van der Waals surface area contributed by atoms with Crippen LogP contribution in [0.25, 0.3) is 11.1 Å². The second-order valence-electron chi connectivity index (χ2n) is 4.30. The number of hydrogen-bond acceptors (Lipinski definition) is 1. The molecule has 1 nitrogen and oxygen atoms in total. The zero-order valence-corrected chi connectivity index (χ0v) is 13.2. The molecule has 0 N–H and O–H groups in total. The van der Waals surface area contributed by atoms with E-state index in [1.807, 2.05) is 0 Å². The van der Waals surface area contributed by atoms with Crippen molar-refractivity contribution in [3.05, 3.63) is 51.0 Å². The average molecular weight is 392 g/mol. The number of ether oxygens (including phenoxy) is 1. The number of rotatable bonds is 3. The lowest BCUT2D eigenvalue weighted by atomic mass is 9.98. The Bertz CT molecular complexity index is 731. The van der Waals surface area contributed by atoms with Gasteiger partial charge in [0.2, 0.25) is 0 Å². The lowest BCUT2D eigenvalue weighted by molar-refractivity contribution is -0.137. The predicted molar refractivity (Wildman–Crippen MR) is 78.5 cm³/mol. The van der Waals surface area contributed by atoms with Gasteiger partial charge in [-0.3, -0.25) is 0 Å².